The summed E-state index contributed by atoms with van der Waals surface area (Å²) in [4.78, 5) is 21.2. The summed E-state index contributed by atoms with van der Waals surface area (Å²) >= 11 is 0. The van der Waals surface area contributed by atoms with E-state index in [0.29, 0.717) is 19.4 Å². The molecule has 0 aliphatic carbocycles. The predicted octanol–water partition coefficient (Wildman–Crippen LogP) is 0.405. The Kier molecular flexibility index (Phi) is 5.28. The molecule has 1 atom stereocenters. The number of carboxylic acids is 1. The van der Waals surface area contributed by atoms with Crippen molar-refractivity contribution in [2.24, 2.45) is 11.7 Å². The number of hydrogen-bond acceptors (Lipinski definition) is 3. The van der Waals surface area contributed by atoms with Crippen LogP contribution in [-0.2, 0) is 9.59 Å². The molecule has 70 valence electrons. The molecule has 0 radical (unpaired) electrons. The highest BCUT2D eigenvalue weighted by Crippen LogP contribution is 2.11. The minimum atomic E-state index is -0.904. The van der Waals surface area contributed by atoms with Gasteiger partial charge in [-0.05, 0) is 26.3 Å². The Hall–Kier alpha value is -0.900. The van der Waals surface area contributed by atoms with E-state index in [2.05, 4.69) is 0 Å². The summed E-state index contributed by atoms with van der Waals surface area (Å²) in [6, 6.07) is 0. The minimum absolute atomic E-state index is 0.0839. The second-order valence-corrected chi connectivity index (χ2v) is 2.87. The molecule has 4 nitrogen and oxygen atoms in total. The summed E-state index contributed by atoms with van der Waals surface area (Å²) in [5.41, 5.74) is 5.23. The first kappa shape index (κ1) is 11.1. The fourth-order valence-electron chi connectivity index (χ4n) is 1.02. The van der Waals surface area contributed by atoms with Crippen LogP contribution in [0, 0.1) is 5.92 Å². The first-order valence-electron chi connectivity index (χ1n) is 4.00. The summed E-state index contributed by atoms with van der Waals surface area (Å²) in [5, 5.41) is 8.66. The number of rotatable bonds is 6. The normalized spacial score (nSPS) is 12.5. The summed E-state index contributed by atoms with van der Waals surface area (Å²) < 4.78 is 0. The molecule has 0 saturated carbocycles. The Balaban J connectivity index is 3.87. The number of carbonyl (C=O) groups excluding carboxylic acids is 1. The molecule has 0 bridgehead atoms. The fraction of sp³-hybridized carbons (Fsp3) is 0.750. The second-order valence-electron chi connectivity index (χ2n) is 2.87. The van der Waals surface area contributed by atoms with Crippen molar-refractivity contribution < 1.29 is 14.7 Å². The highest BCUT2D eigenvalue weighted by atomic mass is 16.4. The third-order valence-electron chi connectivity index (χ3n) is 1.64. The Morgan fingerprint density at radius 1 is 1.50 bits per heavy atom. The van der Waals surface area contributed by atoms with Gasteiger partial charge in [0.1, 0.15) is 5.78 Å². The molecule has 12 heavy (non-hydrogen) atoms. The van der Waals surface area contributed by atoms with Crippen LogP contribution in [0.15, 0.2) is 0 Å². The molecular formula is C8H15NO3. The van der Waals surface area contributed by atoms with Crippen molar-refractivity contribution in [1.82, 2.24) is 0 Å². The van der Waals surface area contributed by atoms with Gasteiger partial charge in [-0.3, -0.25) is 4.79 Å². The second kappa shape index (κ2) is 5.71. The van der Waals surface area contributed by atoms with Gasteiger partial charge in [0.2, 0.25) is 0 Å². The van der Waals surface area contributed by atoms with Crippen LogP contribution in [0.1, 0.15) is 26.2 Å². The first-order chi connectivity index (χ1) is 5.57. The Bertz CT molecular complexity index is 168. The van der Waals surface area contributed by atoms with Gasteiger partial charge in [0.05, 0.1) is 5.92 Å². The van der Waals surface area contributed by atoms with Crippen LogP contribution in [0.2, 0.25) is 0 Å². The summed E-state index contributed by atoms with van der Waals surface area (Å²) in [6.45, 7) is 1.88. The molecule has 0 aromatic heterocycles. The number of carboxylic acid groups (broad SMARTS) is 1. The maximum Gasteiger partial charge on any atom is 0.306 e. The van der Waals surface area contributed by atoms with Crippen LogP contribution in [0.3, 0.4) is 0 Å². The van der Waals surface area contributed by atoms with E-state index < -0.39 is 11.9 Å². The lowest BCUT2D eigenvalue weighted by Crippen LogP contribution is -2.18. The van der Waals surface area contributed by atoms with E-state index in [1.165, 1.54) is 6.92 Å². The molecule has 0 aromatic carbocycles. The monoisotopic (exact) mass is 173 g/mol. The summed E-state index contributed by atoms with van der Waals surface area (Å²) in [5.74, 6) is -1.54. The van der Waals surface area contributed by atoms with Gasteiger partial charge < -0.3 is 15.6 Å². The lowest BCUT2D eigenvalue weighted by molar-refractivity contribution is -0.143. The van der Waals surface area contributed by atoms with Crippen molar-refractivity contribution in [3.63, 3.8) is 0 Å². The Labute approximate surface area is 71.8 Å². The highest BCUT2D eigenvalue weighted by Gasteiger charge is 2.18. The van der Waals surface area contributed by atoms with E-state index in [1.54, 1.807) is 0 Å². The van der Waals surface area contributed by atoms with Crippen LogP contribution in [0.5, 0.6) is 0 Å². The zero-order valence-electron chi connectivity index (χ0n) is 7.25. The van der Waals surface area contributed by atoms with Crippen LogP contribution < -0.4 is 5.73 Å². The number of nitrogens with two attached hydrogens (primary N) is 1. The van der Waals surface area contributed by atoms with Crippen molar-refractivity contribution in [3.8, 4) is 0 Å². The van der Waals surface area contributed by atoms with Gasteiger partial charge >= 0.3 is 5.97 Å². The van der Waals surface area contributed by atoms with Crippen LogP contribution in [0.25, 0.3) is 0 Å². The fourth-order valence-corrected chi connectivity index (χ4v) is 1.02. The molecule has 0 aliphatic heterocycles. The molecule has 0 fully saturated rings. The van der Waals surface area contributed by atoms with Crippen molar-refractivity contribution in [3.05, 3.63) is 0 Å². The smallest absolute Gasteiger partial charge is 0.306 e. The average molecular weight is 173 g/mol. The van der Waals surface area contributed by atoms with Gasteiger partial charge in [-0.15, -0.1) is 0 Å². The van der Waals surface area contributed by atoms with E-state index in [0.717, 1.165) is 0 Å². The largest absolute Gasteiger partial charge is 0.481 e. The Morgan fingerprint density at radius 2 is 2.08 bits per heavy atom. The molecule has 0 amide bonds. The van der Waals surface area contributed by atoms with E-state index in [4.69, 9.17) is 10.8 Å². The van der Waals surface area contributed by atoms with Gasteiger partial charge in [0, 0.05) is 6.42 Å². The molecule has 0 unspecified atom stereocenters. The summed E-state index contributed by atoms with van der Waals surface area (Å²) in [7, 11) is 0. The number of carbonyl (C=O) groups is 2. The Morgan fingerprint density at radius 3 is 2.42 bits per heavy atom. The van der Waals surface area contributed by atoms with E-state index in [-0.39, 0.29) is 12.2 Å². The summed E-state index contributed by atoms with van der Waals surface area (Å²) in [6.07, 6.45) is 1.27. The number of ketones is 1. The maximum atomic E-state index is 10.6. The van der Waals surface area contributed by atoms with Crippen LogP contribution in [-0.4, -0.2) is 23.4 Å². The molecular weight excluding hydrogens is 158 g/mol. The first-order valence-corrected chi connectivity index (χ1v) is 4.00. The number of Topliss-reactive ketones (excluding diaryl/α,β-unsaturated/α-hetero) is 1. The number of hydrogen-bond donors (Lipinski definition) is 2. The molecule has 0 heterocycles. The van der Waals surface area contributed by atoms with Crippen LogP contribution >= 0.6 is 0 Å². The average Bonchev–Trinajstić information content (AvgIpc) is 1.96. The lowest BCUT2D eigenvalue weighted by atomic mass is 9.98. The third kappa shape index (κ3) is 4.85. The van der Waals surface area contributed by atoms with Crippen LogP contribution in [0.4, 0.5) is 0 Å². The zero-order chi connectivity index (χ0) is 9.56. The zero-order valence-corrected chi connectivity index (χ0v) is 7.25. The minimum Gasteiger partial charge on any atom is -0.481 e. The standard InChI is InChI=1S/C8H15NO3/c1-6(10)5-7(8(11)12)3-2-4-9/h7H,2-5,9H2,1H3,(H,11,12)/t7-/m1/s1. The van der Waals surface area contributed by atoms with Gasteiger partial charge in [0.15, 0.2) is 0 Å². The molecule has 0 aromatic rings. The van der Waals surface area contributed by atoms with Crippen molar-refractivity contribution >= 4 is 11.8 Å². The maximum absolute atomic E-state index is 10.6. The predicted molar refractivity (Wildman–Crippen MR) is 44.7 cm³/mol. The van der Waals surface area contributed by atoms with E-state index in [9.17, 15) is 9.59 Å². The lowest BCUT2D eigenvalue weighted by Gasteiger charge is -2.08. The molecule has 4 heteroatoms. The topological polar surface area (TPSA) is 80.4 Å². The molecule has 0 spiro atoms. The van der Waals surface area contributed by atoms with Crippen molar-refractivity contribution in [2.45, 2.75) is 26.2 Å². The van der Waals surface area contributed by atoms with E-state index in [1.807, 2.05) is 0 Å². The SMILES string of the molecule is CC(=O)C[C@@H](CCCN)C(=O)O. The van der Waals surface area contributed by atoms with Crippen molar-refractivity contribution in [2.75, 3.05) is 6.54 Å². The number of aliphatic carboxylic acids is 1. The molecule has 0 rings (SSSR count). The third-order valence-corrected chi connectivity index (χ3v) is 1.64. The molecule has 3 N–H and O–H groups in total. The molecule has 0 saturated heterocycles. The van der Waals surface area contributed by atoms with Gasteiger partial charge in [-0.2, -0.15) is 0 Å². The van der Waals surface area contributed by atoms with Gasteiger partial charge in [-0.1, -0.05) is 0 Å². The molecule has 0 aliphatic rings. The van der Waals surface area contributed by atoms with Gasteiger partial charge in [-0.25, -0.2) is 0 Å². The van der Waals surface area contributed by atoms with Crippen molar-refractivity contribution in [1.29, 1.82) is 0 Å². The quantitative estimate of drug-likeness (QED) is 0.609. The van der Waals surface area contributed by atoms with E-state index >= 15 is 0 Å². The highest BCUT2D eigenvalue weighted by molar-refractivity contribution is 5.81. The van der Waals surface area contributed by atoms with Gasteiger partial charge in [0.25, 0.3) is 0 Å².